The van der Waals surface area contributed by atoms with Gasteiger partial charge < -0.3 is 14.5 Å². The van der Waals surface area contributed by atoms with E-state index in [1.165, 1.54) is 65.9 Å². The summed E-state index contributed by atoms with van der Waals surface area (Å²) in [5.74, 6) is 0. The first kappa shape index (κ1) is 28.9. The second-order valence-electron chi connectivity index (χ2n) is 13.6. The Balaban J connectivity index is 1.14. The topological polar surface area (TPSA) is 34.8 Å². The summed E-state index contributed by atoms with van der Waals surface area (Å²) in [6.07, 6.45) is 1.97. The van der Waals surface area contributed by atoms with Crippen molar-refractivity contribution in [1.29, 1.82) is 0 Å². The van der Waals surface area contributed by atoms with Crippen molar-refractivity contribution in [3.05, 3.63) is 193 Å². The van der Waals surface area contributed by atoms with Crippen LogP contribution in [-0.2, 0) is 0 Å². The molecule has 0 amide bonds. The third kappa shape index (κ3) is 4.25. The molecule has 4 heteroatoms. The summed E-state index contributed by atoms with van der Waals surface area (Å²) < 4.78 is 4.74. The fraction of sp³-hybridized carbons (Fsp3) is 0.0208. The number of para-hydroxylation sites is 5. The van der Waals surface area contributed by atoms with Crippen LogP contribution < -0.4 is 5.32 Å². The number of anilines is 1. The Morgan fingerprint density at radius 2 is 1.00 bits per heavy atom. The van der Waals surface area contributed by atoms with E-state index in [0.717, 1.165) is 28.3 Å². The Morgan fingerprint density at radius 1 is 0.442 bits per heavy atom. The van der Waals surface area contributed by atoms with Crippen LogP contribution in [0.1, 0.15) is 17.2 Å². The lowest BCUT2D eigenvalue weighted by Crippen LogP contribution is -2.19. The number of hydrogen-bond acceptors (Lipinski definition) is 2. The largest absolute Gasteiger partial charge is 0.374 e. The molecule has 244 valence electrons. The maximum absolute atomic E-state index is 5.17. The van der Waals surface area contributed by atoms with Crippen LogP contribution in [0.15, 0.2) is 182 Å². The zero-order valence-electron chi connectivity index (χ0n) is 28.2. The Hall–Kier alpha value is -6.91. The molecular weight excluding hydrogens is 633 g/mol. The predicted molar refractivity (Wildman–Crippen MR) is 216 cm³/mol. The number of hydrogen-bond donors (Lipinski definition) is 1. The predicted octanol–water partition coefficient (Wildman–Crippen LogP) is 12.1. The van der Waals surface area contributed by atoms with Gasteiger partial charge >= 0.3 is 0 Å². The van der Waals surface area contributed by atoms with E-state index in [9.17, 15) is 0 Å². The van der Waals surface area contributed by atoms with Crippen molar-refractivity contribution in [1.82, 2.24) is 14.1 Å². The second-order valence-corrected chi connectivity index (χ2v) is 13.6. The van der Waals surface area contributed by atoms with E-state index in [1.54, 1.807) is 0 Å². The molecule has 0 aliphatic carbocycles. The van der Waals surface area contributed by atoms with E-state index >= 15 is 0 Å². The molecule has 11 rings (SSSR count). The van der Waals surface area contributed by atoms with E-state index in [2.05, 4.69) is 190 Å². The third-order valence-corrected chi connectivity index (χ3v) is 10.8. The second kappa shape index (κ2) is 11.3. The van der Waals surface area contributed by atoms with Gasteiger partial charge in [0.15, 0.2) is 0 Å². The van der Waals surface area contributed by atoms with Gasteiger partial charge in [-0.15, -0.1) is 0 Å². The van der Waals surface area contributed by atoms with Crippen molar-refractivity contribution in [3.8, 4) is 33.8 Å². The molecule has 1 atom stereocenters. The lowest BCUT2D eigenvalue weighted by Gasteiger charge is -2.32. The van der Waals surface area contributed by atoms with Crippen molar-refractivity contribution in [2.75, 3.05) is 5.32 Å². The smallest absolute Gasteiger partial charge is 0.0795 e. The molecule has 0 saturated carbocycles. The molecule has 1 N–H and O–H groups in total. The average molecular weight is 665 g/mol. The lowest BCUT2D eigenvalue weighted by molar-refractivity contribution is 0.924. The highest BCUT2D eigenvalue weighted by Gasteiger charge is 2.30. The normalized spacial score (nSPS) is 13.7. The number of nitrogens with one attached hydrogen (secondary N) is 1. The summed E-state index contributed by atoms with van der Waals surface area (Å²) in [7, 11) is 0. The van der Waals surface area contributed by atoms with Gasteiger partial charge in [0, 0.05) is 61.5 Å². The highest BCUT2D eigenvalue weighted by Crippen LogP contribution is 2.47. The molecular formula is C48H32N4. The fourth-order valence-electron chi connectivity index (χ4n) is 8.55. The molecule has 7 aromatic carbocycles. The van der Waals surface area contributed by atoms with Gasteiger partial charge in [-0.05, 0) is 83.9 Å². The molecule has 1 unspecified atom stereocenters. The van der Waals surface area contributed by atoms with Gasteiger partial charge in [-0.2, -0.15) is 0 Å². The number of nitrogens with zero attached hydrogens (tertiary/aromatic N) is 3. The first-order chi connectivity index (χ1) is 25.8. The van der Waals surface area contributed by atoms with Crippen LogP contribution in [0.4, 0.5) is 5.69 Å². The van der Waals surface area contributed by atoms with Crippen molar-refractivity contribution < 1.29 is 0 Å². The molecule has 0 saturated heterocycles. The molecule has 10 aromatic rings. The van der Waals surface area contributed by atoms with Crippen molar-refractivity contribution in [2.24, 2.45) is 0 Å². The zero-order chi connectivity index (χ0) is 34.2. The Bertz CT molecular complexity index is 2990. The summed E-state index contributed by atoms with van der Waals surface area (Å²) in [6.45, 7) is 0. The van der Waals surface area contributed by atoms with Crippen LogP contribution in [0.2, 0.25) is 0 Å². The van der Waals surface area contributed by atoms with Crippen molar-refractivity contribution in [3.63, 3.8) is 0 Å². The molecule has 0 bridgehead atoms. The first-order valence-electron chi connectivity index (χ1n) is 17.8. The number of aromatic nitrogens is 3. The van der Waals surface area contributed by atoms with Crippen LogP contribution in [0.3, 0.4) is 0 Å². The lowest BCUT2D eigenvalue weighted by atomic mass is 9.84. The van der Waals surface area contributed by atoms with E-state index in [-0.39, 0.29) is 6.04 Å². The molecule has 52 heavy (non-hydrogen) atoms. The SMILES string of the molecule is c1ccc(-n2c3ccccc3c3cc(-c4nccc5c4C(c4ccc6c(c4)c4ccccc4n6-c4ccccc4)Nc4ccccc4-5)ccc32)cc1. The quantitative estimate of drug-likeness (QED) is 0.203. The van der Waals surface area contributed by atoms with Crippen LogP contribution >= 0.6 is 0 Å². The Labute approximate surface area is 300 Å². The third-order valence-electron chi connectivity index (χ3n) is 10.8. The monoisotopic (exact) mass is 664 g/mol. The molecule has 1 aliphatic rings. The summed E-state index contributed by atoms with van der Waals surface area (Å²) in [5.41, 5.74) is 15.1. The van der Waals surface area contributed by atoms with Gasteiger partial charge in [0.05, 0.1) is 33.8 Å². The van der Waals surface area contributed by atoms with E-state index in [4.69, 9.17) is 4.98 Å². The minimum absolute atomic E-state index is 0.113. The highest BCUT2D eigenvalue weighted by atomic mass is 15.0. The van der Waals surface area contributed by atoms with Crippen LogP contribution in [-0.4, -0.2) is 14.1 Å². The van der Waals surface area contributed by atoms with Gasteiger partial charge in [0.25, 0.3) is 0 Å². The summed E-state index contributed by atoms with van der Waals surface area (Å²) in [5, 5.41) is 8.90. The summed E-state index contributed by atoms with van der Waals surface area (Å²) in [4.78, 5) is 5.17. The fourth-order valence-corrected chi connectivity index (χ4v) is 8.55. The van der Waals surface area contributed by atoms with E-state index in [1.807, 2.05) is 6.20 Å². The molecule has 0 fully saturated rings. The molecule has 3 aromatic heterocycles. The maximum atomic E-state index is 5.17. The van der Waals surface area contributed by atoms with Gasteiger partial charge in [0.2, 0.25) is 0 Å². The molecule has 4 heterocycles. The van der Waals surface area contributed by atoms with E-state index < -0.39 is 0 Å². The number of rotatable bonds is 4. The Kier molecular flexibility index (Phi) is 6.28. The van der Waals surface area contributed by atoms with E-state index in [0.29, 0.717) is 0 Å². The van der Waals surface area contributed by atoms with Crippen molar-refractivity contribution >= 4 is 49.3 Å². The number of fused-ring (bicyclic) bond motifs is 9. The first-order valence-corrected chi connectivity index (χ1v) is 17.8. The number of pyridine rings is 1. The minimum Gasteiger partial charge on any atom is -0.374 e. The average Bonchev–Trinajstić information content (AvgIpc) is 3.73. The van der Waals surface area contributed by atoms with Gasteiger partial charge in [0.1, 0.15) is 0 Å². The van der Waals surface area contributed by atoms with Crippen LogP contribution in [0.5, 0.6) is 0 Å². The maximum Gasteiger partial charge on any atom is 0.0795 e. The van der Waals surface area contributed by atoms with Crippen LogP contribution in [0.25, 0.3) is 77.4 Å². The van der Waals surface area contributed by atoms with Gasteiger partial charge in [-0.1, -0.05) is 103 Å². The highest BCUT2D eigenvalue weighted by molar-refractivity contribution is 6.11. The standard InChI is InChI=1S/C48H32N4/c1-3-13-33(14-4-1)51-42-21-11-8-18-36(42)39-29-31(23-25-44(39)51)47-46-38(27-28-49-47)35-17-7-10-20-41(35)50-48(46)32-24-26-45-40(30-32)37-19-9-12-22-43(37)52(45)34-15-5-2-6-16-34/h1-30,48,50H. The molecule has 1 aliphatic heterocycles. The van der Waals surface area contributed by atoms with Gasteiger partial charge in [-0.25, -0.2) is 0 Å². The summed E-state index contributed by atoms with van der Waals surface area (Å²) >= 11 is 0. The molecule has 0 spiro atoms. The zero-order valence-corrected chi connectivity index (χ0v) is 28.2. The summed E-state index contributed by atoms with van der Waals surface area (Å²) in [6, 6.07) is 63.3. The van der Waals surface area contributed by atoms with Crippen molar-refractivity contribution in [2.45, 2.75) is 6.04 Å². The van der Waals surface area contributed by atoms with Crippen LogP contribution in [0, 0.1) is 0 Å². The molecule has 0 radical (unpaired) electrons. The Morgan fingerprint density at radius 3 is 1.69 bits per heavy atom. The number of benzene rings is 7. The molecule has 4 nitrogen and oxygen atoms in total. The van der Waals surface area contributed by atoms with Gasteiger partial charge in [-0.3, -0.25) is 4.98 Å². The minimum atomic E-state index is -0.113.